The third-order valence-electron chi connectivity index (χ3n) is 13.3. The van der Waals surface area contributed by atoms with Crippen molar-refractivity contribution < 1.29 is 0 Å². The van der Waals surface area contributed by atoms with Crippen LogP contribution in [0.2, 0.25) is 0 Å². The van der Waals surface area contributed by atoms with E-state index >= 15 is 0 Å². The first-order chi connectivity index (χ1) is 31.3. The lowest BCUT2D eigenvalue weighted by Gasteiger charge is -2.35. The van der Waals surface area contributed by atoms with E-state index in [2.05, 4.69) is 234 Å². The Kier molecular flexibility index (Phi) is 8.25. The summed E-state index contributed by atoms with van der Waals surface area (Å²) in [5.41, 5.74) is 17.6. The van der Waals surface area contributed by atoms with E-state index in [-0.39, 0.29) is 0 Å². The molecule has 0 aliphatic heterocycles. The van der Waals surface area contributed by atoms with Gasteiger partial charge < -0.3 is 9.80 Å². The molecule has 2 bridgehead atoms. The quantitative estimate of drug-likeness (QED) is 0.158. The molecule has 0 spiro atoms. The molecule has 3 heteroatoms. The van der Waals surface area contributed by atoms with E-state index in [9.17, 15) is 0 Å². The van der Waals surface area contributed by atoms with Crippen LogP contribution in [-0.2, 0) is 6.42 Å². The Bertz CT molecular complexity index is 3360. The van der Waals surface area contributed by atoms with Crippen molar-refractivity contribution in [3.05, 3.63) is 241 Å². The minimum absolute atomic E-state index is 0.297. The molecule has 2 nitrogen and oxygen atoms in total. The van der Waals surface area contributed by atoms with Crippen molar-refractivity contribution >= 4 is 77.1 Å². The molecule has 0 saturated heterocycles. The van der Waals surface area contributed by atoms with Crippen LogP contribution in [0.4, 0.5) is 34.1 Å². The van der Waals surface area contributed by atoms with Crippen LogP contribution in [0, 0.1) is 0 Å². The molecule has 2 aliphatic rings. The van der Waals surface area contributed by atoms with Crippen molar-refractivity contribution in [1.29, 1.82) is 0 Å². The molecule has 0 radical (unpaired) electrons. The molecule has 1 unspecified atom stereocenters. The van der Waals surface area contributed by atoms with E-state index in [0.29, 0.717) is 5.92 Å². The number of hydrogen-bond donors (Lipinski definition) is 0. The van der Waals surface area contributed by atoms with Crippen LogP contribution >= 0.6 is 11.3 Å². The lowest BCUT2D eigenvalue weighted by Crippen LogP contribution is -2.18. The Balaban J connectivity index is 1.10. The molecule has 1 heterocycles. The number of anilines is 6. The van der Waals surface area contributed by atoms with Crippen LogP contribution < -0.4 is 9.80 Å². The molecular formula is C60H40N2S. The largest absolute Gasteiger partial charge is 0.310 e. The second-order valence-corrected chi connectivity index (χ2v) is 17.8. The first-order valence-electron chi connectivity index (χ1n) is 21.9. The number of para-hydroxylation sites is 4. The molecule has 1 aromatic heterocycles. The minimum atomic E-state index is 0.297. The van der Waals surface area contributed by atoms with E-state index in [4.69, 9.17) is 0 Å². The van der Waals surface area contributed by atoms with Gasteiger partial charge in [-0.3, -0.25) is 0 Å². The Morgan fingerprint density at radius 1 is 0.397 bits per heavy atom. The van der Waals surface area contributed by atoms with Crippen molar-refractivity contribution in [2.45, 2.75) is 12.3 Å². The topological polar surface area (TPSA) is 6.48 Å². The molecule has 11 aromatic rings. The molecule has 63 heavy (non-hydrogen) atoms. The molecule has 0 amide bonds. The summed E-state index contributed by atoms with van der Waals surface area (Å²) in [4.78, 5) is 6.21. The molecular weight excluding hydrogens is 781 g/mol. The molecule has 0 N–H and O–H groups in total. The summed E-state index contributed by atoms with van der Waals surface area (Å²) in [6, 6.07) is 82.5. The average Bonchev–Trinajstić information content (AvgIpc) is 3.75. The van der Waals surface area contributed by atoms with Crippen molar-refractivity contribution in [1.82, 2.24) is 0 Å². The van der Waals surface area contributed by atoms with Gasteiger partial charge in [0.25, 0.3) is 0 Å². The molecule has 296 valence electrons. The lowest BCUT2D eigenvalue weighted by atomic mass is 9.68. The SMILES string of the molecule is c1ccc(N(c2ccccc2)c2cc(-c3cc4sc5c(c4c4ccccc34)C3Cc4c-5cc5ccccc5c4-c4ccccc43)cc(N(c3ccccc3)c3ccccc3)c2)cc1. The molecule has 0 saturated carbocycles. The van der Waals surface area contributed by atoms with Crippen LogP contribution in [0.25, 0.3) is 64.3 Å². The number of fused-ring (bicyclic) bond motifs is 13. The van der Waals surface area contributed by atoms with Gasteiger partial charge in [-0.2, -0.15) is 0 Å². The zero-order valence-corrected chi connectivity index (χ0v) is 35.3. The van der Waals surface area contributed by atoms with Gasteiger partial charge in [0.15, 0.2) is 0 Å². The molecule has 13 rings (SSSR count). The zero-order valence-electron chi connectivity index (χ0n) is 34.4. The second kappa shape index (κ2) is 14.4. The third kappa shape index (κ3) is 5.70. The van der Waals surface area contributed by atoms with Crippen molar-refractivity contribution in [2.75, 3.05) is 9.80 Å². The number of benzene rings is 10. The van der Waals surface area contributed by atoms with Crippen molar-refractivity contribution in [2.24, 2.45) is 0 Å². The standard InChI is InChI=1S/C60H40N2S/c1-5-20-41(21-6-1)61(42-22-7-2-8-23-42)45-33-40(34-46(36-45)62(43-24-9-3-10-25-43)44-26-11-4-12-27-44)52-38-56-58(51-32-18-15-29-48(51)52)59-53-37-54-55(60(59)63-56)35-39-19-13-14-28-47(39)57(54)50-31-17-16-30-49(50)53/h1-36,38,53H,37H2. The van der Waals surface area contributed by atoms with Crippen LogP contribution in [0.15, 0.2) is 224 Å². The first kappa shape index (κ1) is 36.0. The zero-order chi connectivity index (χ0) is 41.4. The highest BCUT2D eigenvalue weighted by atomic mass is 32.1. The van der Waals surface area contributed by atoms with Gasteiger partial charge >= 0.3 is 0 Å². The van der Waals surface area contributed by atoms with Gasteiger partial charge in [-0.15, -0.1) is 11.3 Å². The molecule has 2 aliphatic carbocycles. The predicted molar refractivity (Wildman–Crippen MR) is 268 cm³/mol. The Morgan fingerprint density at radius 2 is 0.905 bits per heavy atom. The number of nitrogens with zero attached hydrogens (tertiary/aromatic N) is 2. The van der Waals surface area contributed by atoms with E-state index in [1.54, 1.807) is 0 Å². The number of hydrogen-bond acceptors (Lipinski definition) is 3. The highest BCUT2D eigenvalue weighted by molar-refractivity contribution is 7.22. The Labute approximate surface area is 371 Å². The summed E-state index contributed by atoms with van der Waals surface area (Å²) in [7, 11) is 0. The van der Waals surface area contributed by atoms with Crippen molar-refractivity contribution in [3.63, 3.8) is 0 Å². The van der Waals surface area contributed by atoms with Gasteiger partial charge in [-0.25, -0.2) is 0 Å². The van der Waals surface area contributed by atoms with Gasteiger partial charge in [0.05, 0.1) is 0 Å². The normalized spacial score (nSPS) is 13.5. The summed E-state index contributed by atoms with van der Waals surface area (Å²) < 4.78 is 1.33. The predicted octanol–water partition coefficient (Wildman–Crippen LogP) is 17.1. The van der Waals surface area contributed by atoms with Gasteiger partial charge in [0.1, 0.15) is 0 Å². The van der Waals surface area contributed by atoms with E-state index < -0.39 is 0 Å². The fourth-order valence-electron chi connectivity index (χ4n) is 10.7. The summed E-state index contributed by atoms with van der Waals surface area (Å²) >= 11 is 1.98. The molecule has 1 atom stereocenters. The van der Waals surface area contributed by atoms with E-state index in [1.807, 2.05) is 11.3 Å². The van der Waals surface area contributed by atoms with Crippen molar-refractivity contribution in [3.8, 4) is 32.7 Å². The summed E-state index contributed by atoms with van der Waals surface area (Å²) in [5.74, 6) is 0.297. The highest BCUT2D eigenvalue weighted by Crippen LogP contribution is 2.59. The van der Waals surface area contributed by atoms with E-state index in [0.717, 1.165) is 40.5 Å². The van der Waals surface area contributed by atoms with Crippen LogP contribution in [0.1, 0.15) is 22.6 Å². The minimum Gasteiger partial charge on any atom is -0.310 e. The maximum atomic E-state index is 2.51. The summed E-state index contributed by atoms with van der Waals surface area (Å²) in [5, 5.41) is 6.64. The van der Waals surface area contributed by atoms with Gasteiger partial charge in [-0.1, -0.05) is 146 Å². The van der Waals surface area contributed by atoms with Gasteiger partial charge in [0.2, 0.25) is 0 Å². The van der Waals surface area contributed by atoms with Gasteiger partial charge in [0, 0.05) is 55.0 Å². The summed E-state index contributed by atoms with van der Waals surface area (Å²) in [6.45, 7) is 0. The molecule has 10 aromatic carbocycles. The maximum Gasteiger partial charge on any atom is 0.0488 e. The number of rotatable bonds is 7. The lowest BCUT2D eigenvalue weighted by molar-refractivity contribution is 0.795. The van der Waals surface area contributed by atoms with E-state index in [1.165, 1.54) is 81.0 Å². The van der Waals surface area contributed by atoms with Crippen LogP contribution in [0.3, 0.4) is 0 Å². The fraction of sp³-hybridized carbons (Fsp3) is 0.0333. The Hall–Kier alpha value is -7.72. The van der Waals surface area contributed by atoms with Gasteiger partial charge in [-0.05, 0) is 151 Å². The molecule has 0 fully saturated rings. The van der Waals surface area contributed by atoms with Crippen LogP contribution in [0.5, 0.6) is 0 Å². The smallest absolute Gasteiger partial charge is 0.0488 e. The average molecular weight is 821 g/mol. The second-order valence-electron chi connectivity index (χ2n) is 16.8. The number of thiophene rings is 1. The maximum absolute atomic E-state index is 2.51. The fourth-order valence-corrected chi connectivity index (χ4v) is 12.0. The van der Waals surface area contributed by atoms with Crippen LogP contribution in [-0.4, -0.2) is 0 Å². The first-order valence-corrected chi connectivity index (χ1v) is 22.7. The highest BCUT2D eigenvalue weighted by Gasteiger charge is 2.38. The Morgan fingerprint density at radius 3 is 1.51 bits per heavy atom. The third-order valence-corrected chi connectivity index (χ3v) is 14.5. The summed E-state index contributed by atoms with van der Waals surface area (Å²) in [6.07, 6.45) is 1.02. The monoisotopic (exact) mass is 820 g/mol.